The van der Waals surface area contributed by atoms with Crippen LogP contribution >= 0.6 is 0 Å². The second kappa shape index (κ2) is 1.97. The average Bonchev–Trinajstić information content (AvgIpc) is 2.34. The lowest BCUT2D eigenvalue weighted by molar-refractivity contribution is 0.762. The van der Waals surface area contributed by atoms with Gasteiger partial charge in [0.25, 0.3) is 0 Å². The molecular formula is C7H7N2O-. The highest BCUT2D eigenvalue weighted by Gasteiger charge is 2.08. The molecule has 1 aliphatic heterocycles. The van der Waals surface area contributed by atoms with Gasteiger partial charge in [0.1, 0.15) is 0 Å². The summed E-state index contributed by atoms with van der Waals surface area (Å²) < 4.78 is 0. The Morgan fingerprint density at radius 1 is 1.40 bits per heavy atom. The van der Waals surface area contributed by atoms with Gasteiger partial charge in [0.05, 0.1) is 0 Å². The Morgan fingerprint density at radius 2 is 2.20 bits per heavy atom. The molecule has 0 radical (unpaired) electrons. The van der Waals surface area contributed by atoms with Gasteiger partial charge in [0.2, 0.25) is 0 Å². The van der Waals surface area contributed by atoms with Crippen LogP contribution in [0.5, 0.6) is 0 Å². The molecule has 1 N–H and O–H groups in total. The minimum Gasteiger partial charge on any atom is -0.743 e. The van der Waals surface area contributed by atoms with Crippen molar-refractivity contribution in [2.75, 3.05) is 5.17 Å². The molecule has 0 aromatic heterocycles. The maximum absolute atomic E-state index is 10.9. The largest absolute Gasteiger partial charge is 0.743 e. The molecule has 0 saturated heterocycles. The van der Waals surface area contributed by atoms with E-state index in [1.165, 1.54) is 0 Å². The van der Waals surface area contributed by atoms with E-state index in [0.29, 0.717) is 6.54 Å². The quantitative estimate of drug-likeness (QED) is 0.577. The molecule has 0 bridgehead atoms. The highest BCUT2D eigenvalue weighted by atomic mass is 16.5. The fraction of sp³-hybridized carbons (Fsp3) is 0.143. The van der Waals surface area contributed by atoms with Crippen LogP contribution in [0.1, 0.15) is 5.56 Å². The van der Waals surface area contributed by atoms with Crippen LogP contribution in [0.2, 0.25) is 0 Å². The van der Waals surface area contributed by atoms with Crippen molar-refractivity contribution in [3.63, 3.8) is 0 Å². The number of anilines is 1. The molecule has 1 heterocycles. The molecule has 52 valence electrons. The molecule has 0 spiro atoms. The number of benzene rings is 1. The molecule has 1 aromatic carbocycles. The van der Waals surface area contributed by atoms with Crippen molar-refractivity contribution in [3.05, 3.63) is 35.0 Å². The predicted octanol–water partition coefficient (Wildman–Crippen LogP) is 1.01. The minimum absolute atomic E-state index is 0.652. The molecular weight excluding hydrogens is 128 g/mol. The van der Waals surface area contributed by atoms with Crippen molar-refractivity contribution in [2.24, 2.45) is 0 Å². The number of nitrogens with one attached hydrogen (secondary N) is 1. The van der Waals surface area contributed by atoms with Crippen LogP contribution in [0.15, 0.2) is 24.3 Å². The van der Waals surface area contributed by atoms with Gasteiger partial charge in [-0.25, -0.2) is 5.43 Å². The topological polar surface area (TPSA) is 38.3 Å². The zero-order valence-electron chi connectivity index (χ0n) is 5.37. The van der Waals surface area contributed by atoms with Gasteiger partial charge in [0, 0.05) is 12.2 Å². The van der Waals surface area contributed by atoms with Gasteiger partial charge >= 0.3 is 0 Å². The second-order valence-corrected chi connectivity index (χ2v) is 2.26. The van der Waals surface area contributed by atoms with Crippen LogP contribution in [0.3, 0.4) is 0 Å². The Hall–Kier alpha value is -1.06. The van der Waals surface area contributed by atoms with E-state index >= 15 is 0 Å². The van der Waals surface area contributed by atoms with Crippen molar-refractivity contribution >= 4 is 5.69 Å². The lowest BCUT2D eigenvalue weighted by atomic mass is 10.2. The highest BCUT2D eigenvalue weighted by molar-refractivity contribution is 5.56. The van der Waals surface area contributed by atoms with Crippen molar-refractivity contribution in [1.82, 2.24) is 5.43 Å². The fourth-order valence-electron chi connectivity index (χ4n) is 1.10. The summed E-state index contributed by atoms with van der Waals surface area (Å²) in [6.45, 7) is 0.652. The van der Waals surface area contributed by atoms with Gasteiger partial charge in [-0.05, 0) is 11.6 Å². The molecule has 0 unspecified atom stereocenters. The first-order valence-electron chi connectivity index (χ1n) is 3.16. The summed E-state index contributed by atoms with van der Waals surface area (Å²) in [6.07, 6.45) is 0. The van der Waals surface area contributed by atoms with E-state index in [0.717, 1.165) is 16.4 Å². The fourth-order valence-corrected chi connectivity index (χ4v) is 1.10. The van der Waals surface area contributed by atoms with Gasteiger partial charge in [-0.15, -0.1) is 0 Å². The third-order valence-corrected chi connectivity index (χ3v) is 1.62. The maximum atomic E-state index is 10.9. The Labute approximate surface area is 58.8 Å². The Bertz CT molecular complexity index is 249. The maximum Gasteiger partial charge on any atom is 0.0451 e. The number of para-hydroxylation sites is 1. The Balaban J connectivity index is 2.51. The monoisotopic (exact) mass is 135 g/mol. The number of hydrazine groups is 1. The molecule has 0 saturated carbocycles. The molecule has 0 fully saturated rings. The molecule has 1 aromatic rings. The first-order valence-corrected chi connectivity index (χ1v) is 3.16. The van der Waals surface area contributed by atoms with Crippen LogP contribution < -0.4 is 10.6 Å². The van der Waals surface area contributed by atoms with Crippen molar-refractivity contribution in [1.29, 1.82) is 0 Å². The molecule has 3 nitrogen and oxygen atoms in total. The smallest absolute Gasteiger partial charge is 0.0451 e. The van der Waals surface area contributed by atoms with E-state index in [1.54, 1.807) is 0 Å². The van der Waals surface area contributed by atoms with E-state index in [9.17, 15) is 5.21 Å². The summed E-state index contributed by atoms with van der Waals surface area (Å²) in [5, 5.41) is 11.7. The number of nitrogens with zero attached hydrogens (tertiary/aromatic N) is 1. The normalized spacial score (nSPS) is 15.5. The summed E-state index contributed by atoms with van der Waals surface area (Å²) in [5.74, 6) is 0. The number of hydrogen-bond donors (Lipinski definition) is 1. The van der Waals surface area contributed by atoms with Gasteiger partial charge in [-0.1, -0.05) is 18.2 Å². The Morgan fingerprint density at radius 3 is 3.00 bits per heavy atom. The third-order valence-electron chi connectivity index (χ3n) is 1.62. The zero-order chi connectivity index (χ0) is 6.97. The third kappa shape index (κ3) is 0.683. The van der Waals surface area contributed by atoms with Gasteiger partial charge in [-0.3, -0.25) is 0 Å². The van der Waals surface area contributed by atoms with Gasteiger partial charge in [-0.2, -0.15) is 0 Å². The summed E-state index contributed by atoms with van der Waals surface area (Å²) in [6, 6.07) is 7.54. The number of fused-ring (bicyclic) bond motifs is 1. The summed E-state index contributed by atoms with van der Waals surface area (Å²) >= 11 is 0. The van der Waals surface area contributed by atoms with E-state index in [-0.39, 0.29) is 0 Å². The zero-order valence-corrected chi connectivity index (χ0v) is 5.37. The molecule has 10 heavy (non-hydrogen) atoms. The summed E-state index contributed by atoms with van der Waals surface area (Å²) in [5.41, 5.74) is 4.47. The summed E-state index contributed by atoms with van der Waals surface area (Å²) in [4.78, 5) is 0. The van der Waals surface area contributed by atoms with Crippen LogP contribution in [-0.4, -0.2) is 0 Å². The van der Waals surface area contributed by atoms with E-state index in [4.69, 9.17) is 0 Å². The number of hydrogen-bond acceptors (Lipinski definition) is 3. The molecule has 2 rings (SSSR count). The summed E-state index contributed by atoms with van der Waals surface area (Å²) in [7, 11) is 0. The molecule has 0 amide bonds. The second-order valence-electron chi connectivity index (χ2n) is 2.26. The van der Waals surface area contributed by atoms with Crippen LogP contribution in [-0.2, 0) is 6.54 Å². The van der Waals surface area contributed by atoms with Crippen molar-refractivity contribution < 1.29 is 0 Å². The molecule has 0 aliphatic carbocycles. The molecule has 0 atom stereocenters. The van der Waals surface area contributed by atoms with Gasteiger partial charge < -0.3 is 10.4 Å². The average molecular weight is 135 g/mol. The predicted molar refractivity (Wildman–Crippen MR) is 39.1 cm³/mol. The van der Waals surface area contributed by atoms with Crippen LogP contribution in [0.25, 0.3) is 0 Å². The first-order chi connectivity index (χ1) is 4.88. The van der Waals surface area contributed by atoms with Crippen LogP contribution in [0.4, 0.5) is 5.69 Å². The molecule has 3 heteroatoms. The first kappa shape index (κ1) is 5.70. The van der Waals surface area contributed by atoms with E-state index in [1.807, 2.05) is 24.3 Å². The lowest BCUT2D eigenvalue weighted by Crippen LogP contribution is -2.24. The van der Waals surface area contributed by atoms with Gasteiger partial charge in [0.15, 0.2) is 0 Å². The standard InChI is InChI=1S/C7H7N2O/c10-9-7-4-2-1-3-6(7)5-8-9/h1-4,8H,5H2/q-1. The van der Waals surface area contributed by atoms with Crippen molar-refractivity contribution in [2.45, 2.75) is 6.54 Å². The van der Waals surface area contributed by atoms with Crippen LogP contribution in [0, 0.1) is 5.21 Å². The molecule has 1 aliphatic rings. The van der Waals surface area contributed by atoms with E-state index < -0.39 is 0 Å². The lowest BCUT2D eigenvalue weighted by Gasteiger charge is -2.24. The highest BCUT2D eigenvalue weighted by Crippen LogP contribution is 2.22. The van der Waals surface area contributed by atoms with E-state index in [2.05, 4.69) is 5.43 Å². The SMILES string of the molecule is [O-]N1NCc2ccccc21. The Kier molecular flexibility index (Phi) is 1.12. The number of rotatable bonds is 0. The van der Waals surface area contributed by atoms with Crippen molar-refractivity contribution in [3.8, 4) is 0 Å². The minimum atomic E-state index is 0.652.